The van der Waals surface area contributed by atoms with Gasteiger partial charge in [0.15, 0.2) is 0 Å². The smallest absolute Gasteiger partial charge is 0.111 e. The van der Waals surface area contributed by atoms with E-state index in [9.17, 15) is 0 Å². The third-order valence-electron chi connectivity index (χ3n) is 6.21. The highest BCUT2D eigenvalue weighted by Crippen LogP contribution is 2.38. The summed E-state index contributed by atoms with van der Waals surface area (Å²) in [5.74, 6) is 0. The summed E-state index contributed by atoms with van der Waals surface area (Å²) in [6, 6.07) is 0. The molecule has 1 aliphatic rings. The first-order valence-electron chi connectivity index (χ1n) is 11.3. The molecule has 156 valence electrons. The monoisotopic (exact) mass is 370 g/mol. The predicted octanol–water partition coefficient (Wildman–Crippen LogP) is 7.23. The lowest BCUT2D eigenvalue weighted by molar-refractivity contribution is -0.376. The molecule has 0 aromatic carbocycles. The van der Waals surface area contributed by atoms with Crippen LogP contribution in [-0.2, 0) is 14.5 Å². The Balaban J connectivity index is 1.95. The van der Waals surface area contributed by atoms with Gasteiger partial charge in [-0.15, -0.1) is 0 Å². The molecule has 1 heterocycles. The molecule has 0 saturated carbocycles. The number of hydrogen-bond acceptors (Lipinski definition) is 3. The van der Waals surface area contributed by atoms with Gasteiger partial charge in [0.2, 0.25) is 0 Å². The first-order chi connectivity index (χ1) is 12.4. The molecule has 0 bridgehead atoms. The van der Waals surface area contributed by atoms with E-state index in [0.717, 1.165) is 6.61 Å². The zero-order chi connectivity index (χ0) is 19.3. The van der Waals surface area contributed by atoms with Gasteiger partial charge in [-0.2, -0.15) is 0 Å². The van der Waals surface area contributed by atoms with Gasteiger partial charge >= 0.3 is 0 Å². The van der Waals surface area contributed by atoms with E-state index in [1.807, 2.05) is 0 Å². The minimum absolute atomic E-state index is 0.107. The molecule has 1 unspecified atom stereocenters. The molecular formula is C23H46O3. The quantitative estimate of drug-likeness (QED) is 0.110. The minimum atomic E-state index is -0.278. The van der Waals surface area contributed by atoms with Gasteiger partial charge in [-0.3, -0.25) is 0 Å². The Labute approximate surface area is 163 Å². The molecule has 0 radical (unpaired) electrons. The maximum atomic E-state index is 5.72. The number of epoxide rings is 1. The van der Waals surface area contributed by atoms with Crippen molar-refractivity contribution in [2.75, 3.05) is 13.2 Å². The molecule has 3 nitrogen and oxygen atoms in total. The summed E-state index contributed by atoms with van der Waals surface area (Å²) < 4.78 is 5.15. The van der Waals surface area contributed by atoms with Crippen LogP contribution < -0.4 is 0 Å². The minimum Gasteiger partial charge on any atom is -0.370 e. The van der Waals surface area contributed by atoms with Crippen LogP contribution in [0.4, 0.5) is 0 Å². The molecule has 1 rings (SSSR count). The van der Waals surface area contributed by atoms with Crippen molar-refractivity contribution < 1.29 is 14.5 Å². The van der Waals surface area contributed by atoms with E-state index in [1.165, 1.54) is 83.5 Å². The molecule has 26 heavy (non-hydrogen) atoms. The second kappa shape index (κ2) is 13.1. The Kier molecular flexibility index (Phi) is 12.1. The van der Waals surface area contributed by atoms with Crippen molar-refractivity contribution in [2.24, 2.45) is 5.41 Å². The standard InChI is InChI=1S/C23H46O3/c1-6-7-8-9-10-11-12-13-14-15-16-17-18-22(2,3)23(4,5)26-25-20-21-19-24-21/h21H,6-20H2,1-5H3. The van der Waals surface area contributed by atoms with Gasteiger partial charge in [0.05, 0.1) is 6.61 Å². The van der Waals surface area contributed by atoms with Crippen LogP contribution in [0.3, 0.4) is 0 Å². The average molecular weight is 371 g/mol. The van der Waals surface area contributed by atoms with Gasteiger partial charge in [-0.25, -0.2) is 9.78 Å². The fraction of sp³-hybridized carbons (Fsp3) is 1.00. The van der Waals surface area contributed by atoms with Gasteiger partial charge in [-0.1, -0.05) is 97.8 Å². The van der Waals surface area contributed by atoms with Crippen molar-refractivity contribution >= 4 is 0 Å². The van der Waals surface area contributed by atoms with Crippen molar-refractivity contribution in [1.29, 1.82) is 0 Å². The van der Waals surface area contributed by atoms with Crippen molar-refractivity contribution in [3.05, 3.63) is 0 Å². The van der Waals surface area contributed by atoms with Crippen molar-refractivity contribution in [3.8, 4) is 0 Å². The summed E-state index contributed by atoms with van der Waals surface area (Å²) in [5.41, 5.74) is -0.171. The molecule has 1 atom stereocenters. The number of ether oxygens (including phenoxy) is 1. The summed E-state index contributed by atoms with van der Waals surface area (Å²) in [4.78, 5) is 11.1. The Morgan fingerprint density at radius 2 is 1.23 bits per heavy atom. The molecule has 3 heteroatoms. The predicted molar refractivity (Wildman–Crippen MR) is 110 cm³/mol. The Morgan fingerprint density at radius 1 is 0.769 bits per heavy atom. The maximum absolute atomic E-state index is 5.72. The topological polar surface area (TPSA) is 31.0 Å². The van der Waals surface area contributed by atoms with Crippen molar-refractivity contribution in [1.82, 2.24) is 0 Å². The van der Waals surface area contributed by atoms with Crippen LogP contribution in [0.1, 0.15) is 118 Å². The van der Waals surface area contributed by atoms with Crippen LogP contribution in [0.25, 0.3) is 0 Å². The molecular weight excluding hydrogens is 324 g/mol. The molecule has 0 spiro atoms. The van der Waals surface area contributed by atoms with Gasteiger partial charge in [0.1, 0.15) is 18.3 Å². The maximum Gasteiger partial charge on any atom is 0.111 e. The van der Waals surface area contributed by atoms with Crippen LogP contribution in [0.2, 0.25) is 0 Å². The highest BCUT2D eigenvalue weighted by atomic mass is 17.2. The fourth-order valence-corrected chi connectivity index (χ4v) is 3.24. The highest BCUT2D eigenvalue weighted by molar-refractivity contribution is 4.86. The molecule has 1 aliphatic heterocycles. The second-order valence-electron chi connectivity index (χ2n) is 9.36. The van der Waals surface area contributed by atoms with Crippen LogP contribution in [0.5, 0.6) is 0 Å². The van der Waals surface area contributed by atoms with Gasteiger partial charge < -0.3 is 4.74 Å². The van der Waals surface area contributed by atoms with Crippen LogP contribution in [-0.4, -0.2) is 24.9 Å². The third-order valence-corrected chi connectivity index (χ3v) is 6.21. The van der Waals surface area contributed by atoms with E-state index in [4.69, 9.17) is 14.5 Å². The molecule has 1 saturated heterocycles. The number of unbranched alkanes of at least 4 members (excludes halogenated alkanes) is 11. The van der Waals surface area contributed by atoms with Gasteiger partial charge in [0, 0.05) is 0 Å². The van der Waals surface area contributed by atoms with E-state index in [1.54, 1.807) is 0 Å². The second-order valence-corrected chi connectivity index (χ2v) is 9.36. The lowest BCUT2D eigenvalue weighted by Gasteiger charge is -2.40. The first-order valence-corrected chi connectivity index (χ1v) is 11.3. The third kappa shape index (κ3) is 10.9. The molecule has 0 N–H and O–H groups in total. The summed E-state index contributed by atoms with van der Waals surface area (Å²) >= 11 is 0. The molecule has 0 aromatic heterocycles. The lowest BCUT2D eigenvalue weighted by atomic mass is 9.73. The van der Waals surface area contributed by atoms with E-state index < -0.39 is 0 Å². The van der Waals surface area contributed by atoms with Crippen LogP contribution in [0, 0.1) is 5.41 Å². The van der Waals surface area contributed by atoms with Crippen LogP contribution >= 0.6 is 0 Å². The Hall–Kier alpha value is -0.120. The van der Waals surface area contributed by atoms with E-state index in [0.29, 0.717) is 6.61 Å². The summed E-state index contributed by atoms with van der Waals surface area (Å²) in [5, 5.41) is 0. The summed E-state index contributed by atoms with van der Waals surface area (Å²) in [6.07, 6.45) is 18.2. The van der Waals surface area contributed by atoms with E-state index in [2.05, 4.69) is 34.6 Å². The Morgan fingerprint density at radius 3 is 1.69 bits per heavy atom. The molecule has 0 aliphatic carbocycles. The summed E-state index contributed by atoms with van der Waals surface area (Å²) in [7, 11) is 0. The van der Waals surface area contributed by atoms with Gasteiger partial charge in [0.25, 0.3) is 0 Å². The van der Waals surface area contributed by atoms with Gasteiger partial charge in [-0.05, 0) is 25.7 Å². The first kappa shape index (κ1) is 23.9. The number of hydrogen-bond donors (Lipinski definition) is 0. The largest absolute Gasteiger partial charge is 0.370 e. The lowest BCUT2D eigenvalue weighted by Crippen LogP contribution is -2.42. The number of rotatable bonds is 18. The zero-order valence-corrected chi connectivity index (χ0v) is 18.4. The Bertz CT molecular complexity index is 334. The van der Waals surface area contributed by atoms with E-state index >= 15 is 0 Å². The SMILES string of the molecule is CCCCCCCCCCCCCCC(C)(C)C(C)(C)OOCC1CO1. The van der Waals surface area contributed by atoms with E-state index in [-0.39, 0.29) is 17.1 Å². The summed E-state index contributed by atoms with van der Waals surface area (Å²) in [6.45, 7) is 12.5. The van der Waals surface area contributed by atoms with Crippen molar-refractivity contribution in [3.63, 3.8) is 0 Å². The zero-order valence-electron chi connectivity index (χ0n) is 18.4. The highest BCUT2D eigenvalue weighted by Gasteiger charge is 2.39. The average Bonchev–Trinajstić information content (AvgIpc) is 3.40. The van der Waals surface area contributed by atoms with Crippen molar-refractivity contribution in [2.45, 2.75) is 130 Å². The normalized spacial score (nSPS) is 17.7. The van der Waals surface area contributed by atoms with Crippen LogP contribution in [0.15, 0.2) is 0 Å². The fourth-order valence-electron chi connectivity index (χ4n) is 3.24. The molecule has 1 fully saturated rings. The molecule has 0 amide bonds. The molecule has 0 aromatic rings.